The summed E-state index contributed by atoms with van der Waals surface area (Å²) in [5.41, 5.74) is 8.42. The average Bonchev–Trinajstić information content (AvgIpc) is 2.07. The van der Waals surface area contributed by atoms with Crippen molar-refractivity contribution in [1.29, 1.82) is 0 Å². The summed E-state index contributed by atoms with van der Waals surface area (Å²) < 4.78 is 0. The maximum Gasteiger partial charge on any atom is 0.170 e. The predicted molar refractivity (Wildman–Crippen MR) is 55.0 cm³/mol. The first-order chi connectivity index (χ1) is 5.83. The third-order valence-electron chi connectivity index (χ3n) is 1.93. The molecule has 1 aromatic carbocycles. The highest BCUT2D eigenvalue weighted by molar-refractivity contribution is 6.31. The zero-order valence-electron chi connectivity index (χ0n) is 6.77. The van der Waals surface area contributed by atoms with Gasteiger partial charge in [-0.1, -0.05) is 29.4 Å². The van der Waals surface area contributed by atoms with Gasteiger partial charge in [0.15, 0.2) is 5.84 Å². The van der Waals surface area contributed by atoms with E-state index in [9.17, 15) is 0 Å². The molecule has 0 bridgehead atoms. The van der Waals surface area contributed by atoms with Crippen LogP contribution in [0.3, 0.4) is 0 Å². The molecule has 0 saturated heterocycles. The van der Waals surface area contributed by atoms with Crippen molar-refractivity contribution in [3.8, 4) is 0 Å². The number of nitrogens with zero attached hydrogens (tertiary/aromatic N) is 1. The Kier molecular flexibility index (Phi) is 2.58. The van der Waals surface area contributed by atoms with Crippen molar-refractivity contribution in [2.75, 3.05) is 0 Å². The smallest absolute Gasteiger partial charge is 0.170 e. The fourth-order valence-electron chi connectivity index (χ4n) is 1.29. The summed E-state index contributed by atoms with van der Waals surface area (Å²) in [4.78, 5) is 0. The van der Waals surface area contributed by atoms with E-state index >= 15 is 0 Å². The van der Waals surface area contributed by atoms with Gasteiger partial charge in [-0.15, -0.1) is 12.4 Å². The molecule has 1 aromatic rings. The maximum absolute atomic E-state index is 8.42. The zero-order valence-corrected chi connectivity index (χ0v) is 7.58. The Balaban J connectivity index is 0.000000845. The fourth-order valence-corrected chi connectivity index (χ4v) is 1.29. The van der Waals surface area contributed by atoms with E-state index in [4.69, 9.17) is 10.9 Å². The average molecular weight is 197 g/mol. The van der Waals surface area contributed by atoms with Gasteiger partial charge in [0, 0.05) is 5.57 Å². The van der Waals surface area contributed by atoms with Crippen LogP contribution in [0.25, 0.3) is 11.6 Å². The predicted octanol–water partition coefficient (Wildman–Crippen LogP) is 1.71. The Morgan fingerprint density at radius 1 is 1.31 bits per heavy atom. The minimum atomic E-state index is 0. The van der Waals surface area contributed by atoms with Crippen LogP contribution in [0.1, 0.15) is 11.1 Å². The Labute approximate surface area is 82.0 Å². The first kappa shape index (κ1) is 9.61. The normalized spacial score (nSPS) is 13.5. The van der Waals surface area contributed by atoms with Crippen LogP contribution in [0, 0.1) is 0 Å². The number of hydrogen-bond acceptors (Lipinski definition) is 2. The van der Waals surface area contributed by atoms with Crippen LogP contribution < -0.4 is 5.73 Å². The van der Waals surface area contributed by atoms with Crippen molar-refractivity contribution in [3.63, 3.8) is 0 Å². The molecule has 13 heavy (non-hydrogen) atoms. The second-order valence-corrected chi connectivity index (χ2v) is 2.63. The number of fused-ring (bicyclic) bond motifs is 1. The molecule has 0 saturated carbocycles. The summed E-state index contributed by atoms with van der Waals surface area (Å²) in [5, 5.41) is 11.4. The van der Waals surface area contributed by atoms with Gasteiger partial charge in [-0.05, 0) is 17.2 Å². The van der Waals surface area contributed by atoms with Crippen LogP contribution in [0.2, 0.25) is 0 Å². The molecule has 0 aromatic heterocycles. The lowest BCUT2D eigenvalue weighted by molar-refractivity contribution is 0.319. The van der Waals surface area contributed by atoms with Crippen molar-refractivity contribution < 1.29 is 5.21 Å². The molecule has 0 amide bonds. The number of amidine groups is 1. The molecule has 3 nitrogen and oxygen atoms in total. The molecule has 3 N–H and O–H groups in total. The quantitative estimate of drug-likeness (QED) is 0.311. The molecule has 4 heteroatoms. The van der Waals surface area contributed by atoms with Gasteiger partial charge in [-0.2, -0.15) is 0 Å². The van der Waals surface area contributed by atoms with Gasteiger partial charge >= 0.3 is 0 Å². The zero-order chi connectivity index (χ0) is 8.55. The molecule has 0 unspecified atom stereocenters. The Morgan fingerprint density at radius 3 is 2.62 bits per heavy atom. The van der Waals surface area contributed by atoms with Gasteiger partial charge in [0.25, 0.3) is 0 Å². The molecule has 0 spiro atoms. The maximum atomic E-state index is 8.42. The standard InChI is InChI=1S/C9H8N2O.ClH/c10-9(11-12)8-5-6-3-1-2-4-7(6)8;/h1-5,12H,(H2,10,11);1H. The number of oxime groups is 1. The van der Waals surface area contributed by atoms with E-state index in [1.807, 2.05) is 30.3 Å². The Morgan fingerprint density at radius 2 is 2.00 bits per heavy atom. The molecule has 1 aliphatic rings. The molecule has 0 heterocycles. The van der Waals surface area contributed by atoms with Crippen molar-refractivity contribution in [2.24, 2.45) is 10.9 Å². The van der Waals surface area contributed by atoms with Crippen molar-refractivity contribution in [1.82, 2.24) is 0 Å². The monoisotopic (exact) mass is 196 g/mol. The van der Waals surface area contributed by atoms with E-state index in [-0.39, 0.29) is 18.2 Å². The number of rotatable bonds is 1. The third kappa shape index (κ3) is 1.38. The minimum Gasteiger partial charge on any atom is -0.409 e. The second-order valence-electron chi connectivity index (χ2n) is 2.63. The van der Waals surface area contributed by atoms with Crippen molar-refractivity contribution >= 4 is 29.9 Å². The highest BCUT2D eigenvalue weighted by Gasteiger charge is 2.17. The lowest BCUT2D eigenvalue weighted by atomic mass is 9.88. The highest BCUT2D eigenvalue weighted by atomic mass is 35.5. The lowest BCUT2D eigenvalue weighted by Gasteiger charge is -2.17. The molecule has 0 radical (unpaired) electrons. The van der Waals surface area contributed by atoms with Crippen LogP contribution in [0.15, 0.2) is 29.4 Å². The Bertz CT molecular complexity index is 385. The van der Waals surface area contributed by atoms with E-state index in [0.717, 1.165) is 16.7 Å². The van der Waals surface area contributed by atoms with Crippen LogP contribution in [0.5, 0.6) is 0 Å². The van der Waals surface area contributed by atoms with Crippen LogP contribution in [0.4, 0.5) is 0 Å². The van der Waals surface area contributed by atoms with E-state index in [1.165, 1.54) is 0 Å². The van der Waals surface area contributed by atoms with E-state index < -0.39 is 0 Å². The van der Waals surface area contributed by atoms with Crippen molar-refractivity contribution in [3.05, 3.63) is 35.4 Å². The number of benzene rings is 1. The summed E-state index contributed by atoms with van der Waals surface area (Å²) in [6.07, 6.45) is 1.89. The van der Waals surface area contributed by atoms with Gasteiger partial charge in [0.2, 0.25) is 0 Å². The van der Waals surface area contributed by atoms with Crippen molar-refractivity contribution in [2.45, 2.75) is 0 Å². The second kappa shape index (κ2) is 3.49. The summed E-state index contributed by atoms with van der Waals surface area (Å²) >= 11 is 0. The SMILES string of the molecule is Cl.NC(=NO)C1=Cc2ccccc21. The minimum absolute atomic E-state index is 0. The van der Waals surface area contributed by atoms with E-state index in [2.05, 4.69) is 5.16 Å². The molecular formula is C9H9ClN2O. The Hall–Kier alpha value is -1.48. The number of halogens is 1. The highest BCUT2D eigenvalue weighted by Crippen LogP contribution is 2.31. The molecule has 2 rings (SSSR count). The van der Waals surface area contributed by atoms with Gasteiger partial charge in [0.1, 0.15) is 0 Å². The van der Waals surface area contributed by atoms with Gasteiger partial charge in [-0.3, -0.25) is 0 Å². The molecule has 1 aliphatic carbocycles. The summed E-state index contributed by atoms with van der Waals surface area (Å²) in [6, 6.07) is 7.82. The summed E-state index contributed by atoms with van der Waals surface area (Å²) in [5.74, 6) is 0.175. The number of nitrogens with two attached hydrogens (primary N) is 1. The first-order valence-electron chi connectivity index (χ1n) is 3.62. The molecule has 0 fully saturated rings. The van der Waals surface area contributed by atoms with Gasteiger partial charge in [0.05, 0.1) is 0 Å². The molecule has 0 atom stereocenters. The van der Waals surface area contributed by atoms with Gasteiger partial charge < -0.3 is 10.9 Å². The number of hydrogen-bond donors (Lipinski definition) is 2. The summed E-state index contributed by atoms with van der Waals surface area (Å²) in [6.45, 7) is 0. The van der Waals surface area contributed by atoms with E-state index in [1.54, 1.807) is 0 Å². The molecule has 0 aliphatic heterocycles. The first-order valence-corrected chi connectivity index (χ1v) is 3.62. The van der Waals surface area contributed by atoms with Crippen LogP contribution in [-0.4, -0.2) is 11.0 Å². The largest absolute Gasteiger partial charge is 0.409 e. The van der Waals surface area contributed by atoms with E-state index in [0.29, 0.717) is 0 Å². The molecular weight excluding hydrogens is 188 g/mol. The van der Waals surface area contributed by atoms with Gasteiger partial charge in [-0.25, -0.2) is 0 Å². The third-order valence-corrected chi connectivity index (χ3v) is 1.93. The van der Waals surface area contributed by atoms with Crippen LogP contribution in [-0.2, 0) is 0 Å². The summed E-state index contributed by atoms with van der Waals surface area (Å²) in [7, 11) is 0. The fraction of sp³-hybridized carbons (Fsp3) is 0. The molecule has 68 valence electrons. The van der Waals surface area contributed by atoms with Crippen LogP contribution >= 0.6 is 12.4 Å². The lowest BCUT2D eigenvalue weighted by Crippen LogP contribution is -2.18. The topological polar surface area (TPSA) is 58.6 Å².